The summed E-state index contributed by atoms with van der Waals surface area (Å²) in [6.45, 7) is -0.0831. The molecule has 1 spiro atoms. The van der Waals surface area contributed by atoms with E-state index >= 15 is 0 Å². The highest BCUT2D eigenvalue weighted by Crippen LogP contribution is 2.53. The number of aliphatic hydroxyl groups is 2. The fraction of sp³-hybridized carbons (Fsp3) is 0.727. The zero-order chi connectivity index (χ0) is 25.8. The Bertz CT molecular complexity index is 968. The fourth-order valence-electron chi connectivity index (χ4n) is 5.61. The summed E-state index contributed by atoms with van der Waals surface area (Å²) in [5.74, 6) is -2.03. The van der Waals surface area contributed by atoms with Gasteiger partial charge in [0, 0.05) is 11.7 Å². The van der Waals surface area contributed by atoms with Crippen LogP contribution in [0.3, 0.4) is 0 Å². The van der Waals surface area contributed by atoms with E-state index in [4.69, 9.17) is 5.26 Å². The van der Waals surface area contributed by atoms with Crippen molar-refractivity contribution in [3.8, 4) is 6.07 Å². The van der Waals surface area contributed by atoms with E-state index in [-0.39, 0.29) is 18.5 Å². The summed E-state index contributed by atoms with van der Waals surface area (Å²) < 4.78 is 78.7. The number of allylic oxidation sites excluding steroid dienone is 3. The lowest BCUT2D eigenvalue weighted by atomic mass is 9.74. The first-order chi connectivity index (χ1) is 16.3. The minimum atomic E-state index is -4.65. The van der Waals surface area contributed by atoms with Crippen molar-refractivity contribution in [1.82, 2.24) is 9.80 Å². The number of thiol groups is 1. The molecule has 5 atom stereocenters. The minimum absolute atomic E-state index is 0.0831. The lowest BCUT2D eigenvalue weighted by molar-refractivity contribution is -0.163. The second-order valence-corrected chi connectivity index (χ2v) is 10.0. The predicted octanol–water partition coefficient (Wildman–Crippen LogP) is 3.89. The lowest BCUT2D eigenvalue weighted by Crippen LogP contribution is -2.57. The Morgan fingerprint density at radius 1 is 1.20 bits per heavy atom. The summed E-state index contributed by atoms with van der Waals surface area (Å²) >= 11 is 4.67. The maximum absolute atomic E-state index is 13.6. The number of alkyl halides is 6. The van der Waals surface area contributed by atoms with Crippen LogP contribution in [0.1, 0.15) is 44.9 Å². The third-order valence-electron chi connectivity index (χ3n) is 7.52. The van der Waals surface area contributed by atoms with Crippen LogP contribution in [0.25, 0.3) is 0 Å². The van der Waals surface area contributed by atoms with Crippen LogP contribution in [0.2, 0.25) is 0 Å². The molecule has 3 unspecified atom stereocenters. The molecule has 194 valence electrons. The smallest absolute Gasteiger partial charge is 0.388 e. The second kappa shape index (κ2) is 9.28. The number of hydrogen-bond acceptors (Lipinski definition) is 7. The van der Waals surface area contributed by atoms with Gasteiger partial charge in [-0.3, -0.25) is 4.99 Å². The average Bonchev–Trinajstić information content (AvgIpc) is 2.98. The van der Waals surface area contributed by atoms with Crippen LogP contribution in [0.5, 0.6) is 0 Å². The third kappa shape index (κ3) is 4.82. The van der Waals surface area contributed by atoms with Crippen LogP contribution < -0.4 is 0 Å². The van der Waals surface area contributed by atoms with Crippen molar-refractivity contribution in [2.75, 3.05) is 6.54 Å². The second-order valence-electron chi connectivity index (χ2n) is 9.55. The Hall–Kier alpha value is -1.75. The van der Waals surface area contributed by atoms with Gasteiger partial charge in [0.15, 0.2) is 0 Å². The normalized spacial score (nSPS) is 32.5. The monoisotopic (exact) mass is 524 g/mol. The zero-order valence-corrected chi connectivity index (χ0v) is 19.5. The molecule has 0 aromatic rings. The summed E-state index contributed by atoms with van der Waals surface area (Å²) in [5.41, 5.74) is -1.19. The van der Waals surface area contributed by atoms with E-state index in [1.165, 1.54) is 17.0 Å². The molecule has 2 N–H and O–H groups in total. The Balaban J connectivity index is 1.59. The highest BCUT2D eigenvalue weighted by Gasteiger charge is 2.62. The van der Waals surface area contributed by atoms with Crippen LogP contribution in [0, 0.1) is 17.2 Å². The molecule has 0 bridgehead atoms. The summed E-state index contributed by atoms with van der Waals surface area (Å²) in [4.78, 5) is 7.24. The highest BCUT2D eigenvalue weighted by atomic mass is 32.1. The molecule has 0 aromatic heterocycles. The number of rotatable bonds is 4. The van der Waals surface area contributed by atoms with E-state index in [1.54, 1.807) is 6.08 Å². The quantitative estimate of drug-likeness (QED) is 0.384. The van der Waals surface area contributed by atoms with E-state index in [0.29, 0.717) is 25.0 Å². The maximum atomic E-state index is 13.6. The minimum Gasteiger partial charge on any atom is -0.388 e. The van der Waals surface area contributed by atoms with Crippen molar-refractivity contribution < 1.29 is 36.6 Å². The summed E-state index contributed by atoms with van der Waals surface area (Å²) in [6.07, 6.45) is -8.22. The summed E-state index contributed by atoms with van der Waals surface area (Å²) in [7, 11) is 0. The third-order valence-corrected chi connectivity index (χ3v) is 8.02. The molecule has 1 saturated heterocycles. The molecule has 2 aliphatic heterocycles. The fourth-order valence-corrected chi connectivity index (χ4v) is 6.31. The van der Waals surface area contributed by atoms with Crippen molar-refractivity contribution in [3.63, 3.8) is 0 Å². The molecule has 2 aliphatic carbocycles. The van der Waals surface area contributed by atoms with Crippen LogP contribution >= 0.6 is 12.6 Å². The molecular weight excluding hydrogens is 498 g/mol. The van der Waals surface area contributed by atoms with Gasteiger partial charge in [-0.15, -0.1) is 12.6 Å². The first-order valence-electron chi connectivity index (χ1n) is 11.4. The van der Waals surface area contributed by atoms with Gasteiger partial charge in [-0.1, -0.05) is 6.08 Å². The van der Waals surface area contributed by atoms with E-state index in [2.05, 4.69) is 17.6 Å². The number of halogens is 6. The molecule has 1 saturated carbocycles. The Labute approximate surface area is 204 Å². The number of nitriles is 1. The first kappa shape index (κ1) is 26.3. The number of aliphatic imine (C=N–C) groups is 1. The van der Waals surface area contributed by atoms with Crippen molar-refractivity contribution in [3.05, 3.63) is 23.4 Å². The van der Waals surface area contributed by atoms with Gasteiger partial charge in [-0.25, -0.2) is 4.90 Å². The SMILES string of the molecule is N#CC1=NC[C@@H](N2C(S)N(C3=CC=C([C@H](O)CC(F)(F)F)CC3)C3(CCC3)C2O)CC1C(F)(F)F. The van der Waals surface area contributed by atoms with Gasteiger partial charge in [0.25, 0.3) is 0 Å². The molecule has 4 rings (SSSR count). The van der Waals surface area contributed by atoms with Crippen LogP contribution in [-0.4, -0.2) is 74.0 Å². The van der Waals surface area contributed by atoms with Gasteiger partial charge in [0.2, 0.25) is 0 Å². The summed E-state index contributed by atoms with van der Waals surface area (Å²) in [5, 5.41) is 30.3. The Morgan fingerprint density at radius 2 is 1.89 bits per heavy atom. The molecule has 6 nitrogen and oxygen atoms in total. The molecule has 2 heterocycles. The van der Waals surface area contributed by atoms with Gasteiger partial charge < -0.3 is 15.1 Å². The van der Waals surface area contributed by atoms with Crippen molar-refractivity contribution in [2.45, 2.75) is 86.7 Å². The molecular formula is C22H26F6N4O2S. The van der Waals surface area contributed by atoms with E-state index in [1.807, 2.05) is 4.90 Å². The van der Waals surface area contributed by atoms with Crippen LogP contribution in [0.4, 0.5) is 26.3 Å². The van der Waals surface area contributed by atoms with Crippen LogP contribution in [0.15, 0.2) is 28.4 Å². The largest absolute Gasteiger partial charge is 0.398 e. The van der Waals surface area contributed by atoms with E-state index in [9.17, 15) is 36.6 Å². The maximum Gasteiger partial charge on any atom is 0.398 e. The van der Waals surface area contributed by atoms with E-state index in [0.717, 1.165) is 6.42 Å². The van der Waals surface area contributed by atoms with Gasteiger partial charge in [-0.05, 0) is 50.2 Å². The Kier molecular flexibility index (Phi) is 6.98. The number of hydrogen-bond donors (Lipinski definition) is 3. The predicted molar refractivity (Wildman–Crippen MR) is 117 cm³/mol. The standard InChI is InChI=1S/C22H26F6N4O2S/c23-21(24,25)9-17(33)12-2-4-13(5-3-12)32-19(35)31(18(34)20(32)6-1-7-20)14-8-15(22(26,27)28)16(10-29)30-11-14/h2,4,14-15,17-19,33-35H,1,3,5-9,11H2/t14-,15?,17+,18?,19?/m0/s1. The molecule has 0 amide bonds. The molecule has 2 fully saturated rings. The molecule has 13 heteroatoms. The van der Waals surface area contributed by atoms with Gasteiger partial charge in [0.1, 0.15) is 29.4 Å². The summed E-state index contributed by atoms with van der Waals surface area (Å²) in [6, 6.07) is 0.730. The zero-order valence-electron chi connectivity index (χ0n) is 18.6. The first-order valence-corrected chi connectivity index (χ1v) is 11.9. The molecule has 0 aromatic carbocycles. The van der Waals surface area contributed by atoms with Gasteiger partial charge in [0.05, 0.1) is 24.6 Å². The van der Waals surface area contributed by atoms with Crippen molar-refractivity contribution in [1.29, 1.82) is 5.26 Å². The topological polar surface area (TPSA) is 83.1 Å². The highest BCUT2D eigenvalue weighted by molar-refractivity contribution is 7.80. The molecule has 35 heavy (non-hydrogen) atoms. The Morgan fingerprint density at radius 3 is 2.37 bits per heavy atom. The molecule has 4 aliphatic rings. The van der Waals surface area contributed by atoms with Gasteiger partial charge >= 0.3 is 12.4 Å². The molecule has 0 radical (unpaired) electrons. The van der Waals surface area contributed by atoms with Crippen LogP contribution in [-0.2, 0) is 0 Å². The number of nitrogens with zero attached hydrogens (tertiary/aromatic N) is 4. The van der Waals surface area contributed by atoms with E-state index < -0.39 is 66.2 Å². The van der Waals surface area contributed by atoms with Gasteiger partial charge in [-0.2, -0.15) is 31.6 Å². The average molecular weight is 525 g/mol. The number of aliphatic hydroxyl groups excluding tert-OH is 2. The van der Waals surface area contributed by atoms with Crippen molar-refractivity contribution in [2.24, 2.45) is 10.9 Å². The van der Waals surface area contributed by atoms with Crippen molar-refractivity contribution >= 4 is 18.3 Å². The lowest BCUT2D eigenvalue weighted by Gasteiger charge is -2.49.